The summed E-state index contributed by atoms with van der Waals surface area (Å²) in [5.74, 6) is 1.97. The Morgan fingerprint density at radius 1 is 1.19 bits per heavy atom. The molecule has 4 rings (SSSR count). The van der Waals surface area contributed by atoms with Crippen molar-refractivity contribution in [1.82, 2.24) is 20.4 Å². The van der Waals surface area contributed by atoms with E-state index in [0.29, 0.717) is 19.0 Å². The fourth-order valence-corrected chi connectivity index (χ4v) is 5.28. The first-order valence-corrected chi connectivity index (χ1v) is 10.2. The maximum Gasteiger partial charge on any atom is 0.233 e. The van der Waals surface area contributed by atoms with Crippen LogP contribution in [0.4, 0.5) is 0 Å². The number of likely N-dealkylation sites (tertiary alicyclic amines) is 2. The summed E-state index contributed by atoms with van der Waals surface area (Å²) in [5.41, 5.74) is 0. The molecule has 2 aliphatic carbocycles. The lowest BCUT2D eigenvalue weighted by Gasteiger charge is -2.18. The van der Waals surface area contributed by atoms with Crippen molar-refractivity contribution < 1.29 is 9.59 Å². The van der Waals surface area contributed by atoms with Gasteiger partial charge in [-0.15, -0.1) is 0 Å². The van der Waals surface area contributed by atoms with E-state index in [2.05, 4.69) is 39.7 Å². The van der Waals surface area contributed by atoms with E-state index in [9.17, 15) is 9.59 Å². The number of carbonyl (C=O) groups is 2. The molecule has 2 N–H and O–H groups in total. The number of rotatable bonds is 6. The Hall–Kier alpha value is -1.89. The summed E-state index contributed by atoms with van der Waals surface area (Å²) in [7, 11) is 3.93. The molecule has 4 aliphatic rings. The first-order chi connectivity index (χ1) is 13.1. The molecular formula is C20H31N5O2. The summed E-state index contributed by atoms with van der Waals surface area (Å²) in [6.07, 6.45) is 7.23. The number of imide groups is 1. The molecule has 3 fully saturated rings. The molecule has 2 aliphatic heterocycles. The van der Waals surface area contributed by atoms with E-state index in [1.807, 2.05) is 0 Å². The van der Waals surface area contributed by atoms with E-state index < -0.39 is 0 Å². The fourth-order valence-electron chi connectivity index (χ4n) is 5.28. The SMILES string of the molecule is CN=C(NCCCN1C(=O)C2C3C=CC(C3)C2C1=O)NCC1CCN(C)C1. The first kappa shape index (κ1) is 18.5. The lowest BCUT2D eigenvalue weighted by molar-refractivity contribution is -0.140. The van der Waals surface area contributed by atoms with Gasteiger partial charge in [0.05, 0.1) is 11.8 Å². The molecule has 0 aromatic rings. The summed E-state index contributed by atoms with van der Waals surface area (Å²) >= 11 is 0. The highest BCUT2D eigenvalue weighted by Crippen LogP contribution is 2.52. The number of fused-ring (bicyclic) bond motifs is 5. The Kier molecular flexibility index (Phi) is 5.21. The van der Waals surface area contributed by atoms with E-state index in [1.54, 1.807) is 7.05 Å². The standard InChI is InChI=1S/C20H31N5O2/c1-21-20(23-11-13-6-9-24(2)12-13)22-7-3-8-25-18(26)16-14-4-5-15(10-14)17(16)19(25)27/h4-5,13-17H,3,6-12H2,1-2H3,(H2,21,22,23). The van der Waals surface area contributed by atoms with E-state index >= 15 is 0 Å². The van der Waals surface area contributed by atoms with Crippen LogP contribution >= 0.6 is 0 Å². The highest BCUT2D eigenvalue weighted by atomic mass is 16.2. The largest absolute Gasteiger partial charge is 0.356 e. The smallest absolute Gasteiger partial charge is 0.233 e. The van der Waals surface area contributed by atoms with Gasteiger partial charge in [-0.1, -0.05) is 12.2 Å². The van der Waals surface area contributed by atoms with Gasteiger partial charge in [0.25, 0.3) is 0 Å². The number of hydrogen-bond acceptors (Lipinski definition) is 4. The van der Waals surface area contributed by atoms with Crippen LogP contribution in [0, 0.1) is 29.6 Å². The number of carbonyl (C=O) groups excluding carboxylic acids is 2. The molecule has 7 heteroatoms. The zero-order valence-electron chi connectivity index (χ0n) is 16.4. The summed E-state index contributed by atoms with van der Waals surface area (Å²) in [5, 5.41) is 6.69. The minimum atomic E-state index is -0.0839. The van der Waals surface area contributed by atoms with Crippen molar-refractivity contribution >= 4 is 17.8 Å². The van der Waals surface area contributed by atoms with Gasteiger partial charge in [-0.3, -0.25) is 19.5 Å². The molecule has 2 amide bonds. The second kappa shape index (κ2) is 7.62. The van der Waals surface area contributed by atoms with Crippen molar-refractivity contribution in [3.05, 3.63) is 12.2 Å². The number of allylic oxidation sites excluding steroid dienone is 2. The van der Waals surface area contributed by atoms with Gasteiger partial charge in [-0.25, -0.2) is 0 Å². The number of aliphatic imine (C=N–C) groups is 1. The van der Waals surface area contributed by atoms with Crippen LogP contribution in [0.25, 0.3) is 0 Å². The van der Waals surface area contributed by atoms with Gasteiger partial charge in [-0.05, 0) is 50.6 Å². The summed E-state index contributed by atoms with van der Waals surface area (Å²) in [6, 6.07) is 0. The molecular weight excluding hydrogens is 342 g/mol. The molecule has 5 unspecified atom stereocenters. The van der Waals surface area contributed by atoms with Gasteiger partial charge in [0.15, 0.2) is 5.96 Å². The van der Waals surface area contributed by atoms with E-state index in [4.69, 9.17) is 0 Å². The Morgan fingerprint density at radius 3 is 2.48 bits per heavy atom. The number of hydrogen-bond donors (Lipinski definition) is 2. The third-order valence-electron chi connectivity index (χ3n) is 6.68. The third-order valence-corrected chi connectivity index (χ3v) is 6.68. The highest BCUT2D eigenvalue weighted by molar-refractivity contribution is 6.06. The number of nitrogens with one attached hydrogen (secondary N) is 2. The van der Waals surface area contributed by atoms with Gasteiger partial charge in [-0.2, -0.15) is 0 Å². The van der Waals surface area contributed by atoms with E-state index in [-0.39, 0.29) is 35.5 Å². The zero-order chi connectivity index (χ0) is 19.0. The molecule has 2 bridgehead atoms. The quantitative estimate of drug-likeness (QED) is 0.230. The average molecular weight is 374 g/mol. The van der Waals surface area contributed by atoms with Crippen LogP contribution in [0.15, 0.2) is 17.1 Å². The van der Waals surface area contributed by atoms with Gasteiger partial charge < -0.3 is 15.5 Å². The lowest BCUT2D eigenvalue weighted by Crippen LogP contribution is -2.41. The number of amides is 2. The van der Waals surface area contributed by atoms with Crippen molar-refractivity contribution in [2.24, 2.45) is 34.6 Å². The predicted octanol–water partition coefficient (Wildman–Crippen LogP) is 0.300. The molecule has 148 valence electrons. The summed E-state index contributed by atoms with van der Waals surface area (Å²) < 4.78 is 0. The number of guanidine groups is 1. The molecule has 5 atom stereocenters. The predicted molar refractivity (Wildman–Crippen MR) is 104 cm³/mol. The normalized spacial score (nSPS) is 35.4. The second-order valence-corrected chi connectivity index (χ2v) is 8.48. The van der Waals surface area contributed by atoms with Crippen LogP contribution < -0.4 is 10.6 Å². The second-order valence-electron chi connectivity index (χ2n) is 8.48. The van der Waals surface area contributed by atoms with Crippen LogP contribution in [-0.2, 0) is 9.59 Å². The van der Waals surface area contributed by atoms with Crippen molar-refractivity contribution in [2.75, 3.05) is 46.8 Å². The maximum atomic E-state index is 12.7. The topological polar surface area (TPSA) is 77.0 Å². The third kappa shape index (κ3) is 3.49. The van der Waals surface area contributed by atoms with Crippen LogP contribution in [0.1, 0.15) is 19.3 Å². The Balaban J connectivity index is 1.19. The van der Waals surface area contributed by atoms with Crippen LogP contribution in [0.2, 0.25) is 0 Å². The molecule has 27 heavy (non-hydrogen) atoms. The van der Waals surface area contributed by atoms with Gasteiger partial charge in [0.2, 0.25) is 11.8 Å². The van der Waals surface area contributed by atoms with Crippen LogP contribution in [-0.4, -0.2) is 74.4 Å². The Labute approximate surface area is 161 Å². The summed E-state index contributed by atoms with van der Waals surface area (Å²) in [4.78, 5) is 33.4. The monoisotopic (exact) mass is 373 g/mol. The van der Waals surface area contributed by atoms with Gasteiger partial charge in [0, 0.05) is 33.2 Å². The minimum Gasteiger partial charge on any atom is -0.356 e. The van der Waals surface area contributed by atoms with Crippen molar-refractivity contribution in [3.8, 4) is 0 Å². The Morgan fingerprint density at radius 2 is 1.89 bits per heavy atom. The molecule has 0 radical (unpaired) electrons. The summed E-state index contributed by atoms with van der Waals surface area (Å²) in [6.45, 7) is 4.41. The molecule has 0 aromatic carbocycles. The number of nitrogens with zero attached hydrogens (tertiary/aromatic N) is 3. The highest BCUT2D eigenvalue weighted by Gasteiger charge is 2.58. The molecule has 2 saturated heterocycles. The minimum absolute atomic E-state index is 0.0507. The average Bonchev–Trinajstić information content (AvgIpc) is 3.42. The molecule has 7 nitrogen and oxygen atoms in total. The fraction of sp³-hybridized carbons (Fsp3) is 0.750. The molecule has 2 heterocycles. The van der Waals surface area contributed by atoms with Crippen molar-refractivity contribution in [2.45, 2.75) is 19.3 Å². The zero-order valence-corrected chi connectivity index (χ0v) is 16.4. The van der Waals surface area contributed by atoms with Gasteiger partial charge >= 0.3 is 0 Å². The van der Waals surface area contributed by atoms with Crippen molar-refractivity contribution in [3.63, 3.8) is 0 Å². The molecule has 0 aromatic heterocycles. The Bertz CT molecular complexity index is 631. The van der Waals surface area contributed by atoms with Gasteiger partial charge in [0.1, 0.15) is 0 Å². The maximum absolute atomic E-state index is 12.7. The van der Waals surface area contributed by atoms with E-state index in [1.165, 1.54) is 11.3 Å². The van der Waals surface area contributed by atoms with E-state index in [0.717, 1.165) is 38.4 Å². The first-order valence-electron chi connectivity index (χ1n) is 10.2. The van der Waals surface area contributed by atoms with Crippen LogP contribution in [0.3, 0.4) is 0 Å². The lowest BCUT2D eigenvalue weighted by atomic mass is 9.85. The molecule has 1 saturated carbocycles. The van der Waals surface area contributed by atoms with Crippen LogP contribution in [0.5, 0.6) is 0 Å². The molecule has 0 spiro atoms. The van der Waals surface area contributed by atoms with Crippen molar-refractivity contribution in [1.29, 1.82) is 0 Å².